The number of nitrogens with zero attached hydrogens (tertiary/aromatic N) is 9. The van der Waals surface area contributed by atoms with Gasteiger partial charge >= 0.3 is 0 Å². The number of aryl methyl sites for hydroxylation is 1. The Bertz CT molecular complexity index is 1670. The molecule has 38 heavy (non-hydrogen) atoms. The summed E-state index contributed by atoms with van der Waals surface area (Å²) in [6.07, 6.45) is 16.4. The molecule has 0 aromatic carbocycles. The molecule has 1 saturated heterocycles. The van der Waals surface area contributed by atoms with Crippen LogP contribution in [-0.2, 0) is 13.6 Å². The van der Waals surface area contributed by atoms with Crippen molar-refractivity contribution in [2.45, 2.75) is 6.54 Å². The third kappa shape index (κ3) is 4.47. The maximum absolute atomic E-state index is 9.68. The van der Waals surface area contributed by atoms with Crippen molar-refractivity contribution < 1.29 is 0 Å². The molecule has 1 fully saturated rings. The van der Waals surface area contributed by atoms with Gasteiger partial charge in [-0.2, -0.15) is 15.5 Å². The molecule has 5 aromatic rings. The van der Waals surface area contributed by atoms with Crippen LogP contribution in [-0.4, -0.2) is 60.4 Å². The number of rotatable bonds is 5. The molecule has 0 atom stereocenters. The maximum atomic E-state index is 9.68. The highest BCUT2D eigenvalue weighted by Gasteiger charge is 2.20. The fourth-order valence-corrected chi connectivity index (χ4v) is 4.85. The summed E-state index contributed by atoms with van der Waals surface area (Å²) in [4.78, 5) is 14.0. The number of terminal acetylenes is 1. The Morgan fingerprint density at radius 1 is 0.895 bits per heavy atom. The van der Waals surface area contributed by atoms with Gasteiger partial charge in [-0.05, 0) is 30.3 Å². The van der Waals surface area contributed by atoms with Crippen LogP contribution in [0.4, 0.5) is 5.82 Å². The van der Waals surface area contributed by atoms with Crippen molar-refractivity contribution in [3.8, 4) is 40.7 Å². The molecule has 0 aliphatic carbocycles. The second-order valence-electron chi connectivity index (χ2n) is 9.36. The Hall–Kier alpha value is -4.99. The van der Waals surface area contributed by atoms with Gasteiger partial charge < -0.3 is 4.90 Å². The van der Waals surface area contributed by atoms with Gasteiger partial charge in [0.25, 0.3) is 0 Å². The van der Waals surface area contributed by atoms with E-state index in [9.17, 15) is 5.26 Å². The Morgan fingerprint density at radius 2 is 1.76 bits per heavy atom. The first-order chi connectivity index (χ1) is 18.6. The van der Waals surface area contributed by atoms with Crippen molar-refractivity contribution in [1.29, 1.82) is 5.26 Å². The van der Waals surface area contributed by atoms with Gasteiger partial charge in [0.1, 0.15) is 11.9 Å². The van der Waals surface area contributed by atoms with Crippen LogP contribution in [0.2, 0.25) is 0 Å². The van der Waals surface area contributed by atoms with Crippen molar-refractivity contribution in [3.05, 3.63) is 84.3 Å². The van der Waals surface area contributed by atoms with Crippen LogP contribution in [0.5, 0.6) is 0 Å². The van der Waals surface area contributed by atoms with Crippen molar-refractivity contribution in [2.75, 3.05) is 31.1 Å². The van der Waals surface area contributed by atoms with Crippen LogP contribution in [0.25, 0.3) is 27.8 Å². The van der Waals surface area contributed by atoms with Crippen molar-refractivity contribution in [1.82, 2.24) is 34.3 Å². The van der Waals surface area contributed by atoms with Gasteiger partial charge in [0, 0.05) is 92.4 Å². The van der Waals surface area contributed by atoms with E-state index < -0.39 is 0 Å². The molecule has 9 nitrogen and oxygen atoms in total. The van der Waals surface area contributed by atoms with Crippen LogP contribution < -0.4 is 4.90 Å². The van der Waals surface area contributed by atoms with Crippen LogP contribution in [0.15, 0.2) is 67.5 Å². The lowest BCUT2D eigenvalue weighted by atomic mass is 10.0. The van der Waals surface area contributed by atoms with Gasteiger partial charge in [0.05, 0.1) is 29.2 Å². The fourth-order valence-electron chi connectivity index (χ4n) is 4.85. The lowest BCUT2D eigenvalue weighted by Gasteiger charge is -2.35. The van der Waals surface area contributed by atoms with E-state index in [1.54, 1.807) is 21.6 Å². The van der Waals surface area contributed by atoms with Crippen LogP contribution in [0, 0.1) is 23.7 Å². The first-order valence-electron chi connectivity index (χ1n) is 12.4. The standard InChI is InChI=1S/C29H25N9/c1-3-21-4-6-26(31-14-21)20-36-8-10-37(11-9-36)28-7-5-22(15-32-28)27-12-23(25-17-33-35(2)18-25)19-38-29(27)24(13-30)16-34-38/h1,4-7,12,14-19H,8-11,20H2,2H3. The SMILES string of the molecule is C#Cc1ccc(CN2CCN(c3ccc(-c4cc(-c5cnn(C)c5)cn5ncc(C#N)c45)cn3)CC2)nc1. The first kappa shape index (κ1) is 23.4. The van der Waals surface area contributed by atoms with Gasteiger partial charge in [-0.25, -0.2) is 9.50 Å². The maximum Gasteiger partial charge on any atom is 0.128 e. The van der Waals surface area contributed by atoms with Crippen LogP contribution >= 0.6 is 0 Å². The number of pyridine rings is 3. The van der Waals surface area contributed by atoms with Crippen LogP contribution in [0.3, 0.4) is 0 Å². The number of aromatic nitrogens is 6. The van der Waals surface area contributed by atoms with Crippen molar-refractivity contribution >= 4 is 11.3 Å². The van der Waals surface area contributed by atoms with E-state index >= 15 is 0 Å². The number of nitriles is 1. The number of anilines is 1. The molecule has 0 unspecified atom stereocenters. The second kappa shape index (κ2) is 9.81. The highest BCUT2D eigenvalue weighted by atomic mass is 15.3. The van der Waals surface area contributed by atoms with Gasteiger partial charge in [-0.1, -0.05) is 5.92 Å². The Kier molecular flexibility index (Phi) is 6.04. The average molecular weight is 500 g/mol. The van der Waals surface area contributed by atoms with E-state index in [-0.39, 0.29) is 0 Å². The normalized spacial score (nSPS) is 13.9. The molecule has 1 aliphatic rings. The Labute approximate surface area is 220 Å². The van der Waals surface area contributed by atoms with Crippen LogP contribution in [0.1, 0.15) is 16.8 Å². The van der Waals surface area contributed by atoms with E-state index in [1.807, 2.05) is 44.0 Å². The molecule has 5 aromatic heterocycles. The quantitative estimate of drug-likeness (QED) is 0.343. The molecular formula is C29H25N9. The number of hydrogen-bond acceptors (Lipinski definition) is 7. The zero-order valence-corrected chi connectivity index (χ0v) is 21.0. The molecule has 6 heterocycles. The molecule has 1 aliphatic heterocycles. The van der Waals surface area contributed by atoms with E-state index in [2.05, 4.69) is 55.2 Å². The molecule has 0 spiro atoms. The summed E-state index contributed by atoms with van der Waals surface area (Å²) in [7, 11) is 1.89. The topological polar surface area (TPSA) is 91.2 Å². The molecule has 6 rings (SSSR count). The van der Waals surface area contributed by atoms with E-state index in [0.717, 1.165) is 77.6 Å². The molecule has 0 saturated carbocycles. The lowest BCUT2D eigenvalue weighted by Crippen LogP contribution is -2.46. The predicted octanol–water partition coefficient (Wildman–Crippen LogP) is 3.37. The first-order valence-corrected chi connectivity index (χ1v) is 12.4. The third-order valence-corrected chi connectivity index (χ3v) is 6.90. The molecule has 0 N–H and O–H groups in total. The molecular weight excluding hydrogens is 474 g/mol. The zero-order valence-electron chi connectivity index (χ0n) is 21.0. The molecule has 9 heteroatoms. The second-order valence-corrected chi connectivity index (χ2v) is 9.36. The summed E-state index contributed by atoms with van der Waals surface area (Å²) < 4.78 is 3.53. The fraction of sp³-hybridized carbons (Fsp3) is 0.207. The minimum Gasteiger partial charge on any atom is -0.354 e. The largest absolute Gasteiger partial charge is 0.354 e. The summed E-state index contributed by atoms with van der Waals surface area (Å²) in [6.45, 7) is 4.43. The smallest absolute Gasteiger partial charge is 0.128 e. The third-order valence-electron chi connectivity index (χ3n) is 6.90. The minimum atomic E-state index is 0.529. The lowest BCUT2D eigenvalue weighted by molar-refractivity contribution is 0.246. The number of piperazine rings is 1. The molecule has 0 radical (unpaired) electrons. The van der Waals surface area contributed by atoms with Gasteiger partial charge in [-0.3, -0.25) is 14.6 Å². The van der Waals surface area contributed by atoms with E-state index in [1.165, 1.54) is 0 Å². The molecule has 186 valence electrons. The summed E-state index contributed by atoms with van der Waals surface area (Å²) in [5, 5.41) is 18.4. The summed E-state index contributed by atoms with van der Waals surface area (Å²) >= 11 is 0. The van der Waals surface area contributed by atoms with E-state index in [4.69, 9.17) is 11.4 Å². The minimum absolute atomic E-state index is 0.529. The molecule has 0 amide bonds. The zero-order chi connectivity index (χ0) is 26.1. The summed E-state index contributed by atoms with van der Waals surface area (Å²) in [5.74, 6) is 3.55. The Morgan fingerprint density at radius 3 is 2.42 bits per heavy atom. The van der Waals surface area contributed by atoms with Gasteiger partial charge in [0.15, 0.2) is 0 Å². The van der Waals surface area contributed by atoms with Crippen molar-refractivity contribution in [3.63, 3.8) is 0 Å². The van der Waals surface area contributed by atoms with Crippen molar-refractivity contribution in [2.24, 2.45) is 7.05 Å². The number of fused-ring (bicyclic) bond motifs is 1. The molecule has 0 bridgehead atoms. The van der Waals surface area contributed by atoms with Gasteiger partial charge in [0.2, 0.25) is 0 Å². The highest BCUT2D eigenvalue weighted by Crippen LogP contribution is 2.32. The summed E-state index contributed by atoms with van der Waals surface area (Å²) in [6, 6.07) is 12.4. The highest BCUT2D eigenvalue weighted by molar-refractivity contribution is 5.87. The van der Waals surface area contributed by atoms with E-state index in [0.29, 0.717) is 5.56 Å². The average Bonchev–Trinajstić information content (AvgIpc) is 3.59. The number of hydrogen-bond donors (Lipinski definition) is 0. The summed E-state index contributed by atoms with van der Waals surface area (Å²) in [5.41, 5.74) is 6.92. The Balaban J connectivity index is 1.21. The van der Waals surface area contributed by atoms with Gasteiger partial charge in [-0.15, -0.1) is 6.42 Å². The monoisotopic (exact) mass is 499 g/mol. The predicted molar refractivity (Wildman–Crippen MR) is 145 cm³/mol.